The zero-order chi connectivity index (χ0) is 23.9. The Labute approximate surface area is 248 Å². The zero-order valence-corrected chi connectivity index (χ0v) is 26.5. The molecule has 3 atom stereocenters. The summed E-state index contributed by atoms with van der Waals surface area (Å²) in [5, 5.41) is 4.26. The van der Waals surface area contributed by atoms with Gasteiger partial charge < -0.3 is 24.3 Å². The number of benzene rings is 2. The van der Waals surface area contributed by atoms with E-state index in [-0.39, 0.29) is 70.0 Å². The van der Waals surface area contributed by atoms with Crippen LogP contribution in [0.25, 0.3) is 0 Å². The third-order valence-corrected chi connectivity index (χ3v) is 8.82. The van der Waals surface area contributed by atoms with Crippen molar-refractivity contribution in [3.05, 3.63) is 59.7 Å². The van der Waals surface area contributed by atoms with E-state index in [1.165, 1.54) is 4.78 Å². The molecule has 0 fully saturated rings. The molecule has 0 aromatic heterocycles. The molecule has 2 aromatic carbocycles. The minimum Gasteiger partial charge on any atom is -0.766 e. The second kappa shape index (κ2) is 15.5. The third-order valence-electron chi connectivity index (χ3n) is 4.02. The molecule has 0 saturated carbocycles. The molecule has 0 aliphatic carbocycles. The smallest absolute Gasteiger partial charge is 0.766 e. The molecule has 174 valence electrons. The second-order valence-corrected chi connectivity index (χ2v) is 11.7. The largest absolute Gasteiger partial charge is 1.00 e. The normalized spacial score (nSPS) is 14.9. The van der Waals surface area contributed by atoms with Crippen molar-refractivity contribution >= 4 is 40.6 Å². The van der Waals surface area contributed by atoms with E-state index in [1.54, 1.807) is 44.6 Å². The fourth-order valence-corrected chi connectivity index (χ4v) is 5.16. The van der Waals surface area contributed by atoms with Gasteiger partial charge in [0.15, 0.2) is 5.75 Å². The molecule has 0 spiro atoms. The average Bonchev–Trinajstić information content (AvgIpc) is 2.71. The number of hydrogen-bond donors (Lipinski definition) is 2. The maximum atomic E-state index is 11.1. The quantitative estimate of drug-likeness (QED) is 0.117. The predicted octanol–water partition coefficient (Wildman–Crippen LogP) is -4.41. The molecule has 2 N–H and O–H groups in total. The summed E-state index contributed by atoms with van der Waals surface area (Å²) in [6.07, 6.45) is 1.56. The van der Waals surface area contributed by atoms with Crippen molar-refractivity contribution in [1.29, 1.82) is 0 Å². The zero-order valence-electron chi connectivity index (χ0n) is 19.0. The first-order chi connectivity index (χ1) is 14.9. The van der Waals surface area contributed by atoms with E-state index in [0.29, 0.717) is 11.3 Å². The first kappa shape index (κ1) is 34.3. The molecule has 0 aliphatic heterocycles. The number of nitrogens with zero attached hydrogens (tertiary/aromatic N) is 3. The fraction of sp³-hybridized carbons (Fsp3) is 0.235. The van der Waals surface area contributed by atoms with Crippen LogP contribution in [0.2, 0.25) is 0 Å². The SMILES string of the molecule is COc1ccc(/C=N/N(C)[P+](=S)Oc2ccc(CCN(P(=O)([O-])O)P(=O)([O-])O)cc2)cc1.[Na+].[Na+]. The number of hydrogen-bond acceptors (Lipinski definition) is 8. The molecule has 2 aromatic rings. The van der Waals surface area contributed by atoms with Gasteiger partial charge in [0.25, 0.3) is 0 Å². The van der Waals surface area contributed by atoms with E-state index in [0.717, 1.165) is 11.3 Å². The van der Waals surface area contributed by atoms with E-state index >= 15 is 0 Å². The van der Waals surface area contributed by atoms with Gasteiger partial charge in [-0.3, -0.25) is 13.7 Å². The van der Waals surface area contributed by atoms with Crippen LogP contribution in [0.15, 0.2) is 53.6 Å². The third kappa shape index (κ3) is 11.6. The molecule has 0 amide bonds. The van der Waals surface area contributed by atoms with Gasteiger partial charge in [0.05, 0.1) is 20.4 Å². The molecule has 3 unspecified atom stereocenters. The average molecular weight is 566 g/mol. The molecule has 11 nitrogen and oxygen atoms in total. The Hall–Kier alpha value is 0.290. The first-order valence-electron chi connectivity index (χ1n) is 8.92. The Morgan fingerprint density at radius 2 is 1.53 bits per heavy atom. The van der Waals surface area contributed by atoms with Crippen LogP contribution in [-0.4, -0.2) is 45.9 Å². The topological polar surface area (TPSA) is 158 Å². The van der Waals surface area contributed by atoms with Crippen LogP contribution in [0.4, 0.5) is 0 Å². The molecule has 34 heavy (non-hydrogen) atoms. The van der Waals surface area contributed by atoms with Crippen molar-refractivity contribution in [3.8, 4) is 11.5 Å². The van der Waals surface area contributed by atoms with Gasteiger partial charge in [0.2, 0.25) is 27.3 Å². The molecule has 0 aliphatic rings. The Morgan fingerprint density at radius 3 is 2.00 bits per heavy atom. The van der Waals surface area contributed by atoms with Crippen molar-refractivity contribution in [2.45, 2.75) is 6.42 Å². The minimum atomic E-state index is -5.41. The van der Waals surface area contributed by atoms with Crippen LogP contribution < -0.4 is 78.2 Å². The van der Waals surface area contributed by atoms with Gasteiger partial charge in [0.1, 0.15) is 5.75 Å². The van der Waals surface area contributed by atoms with Gasteiger partial charge >= 0.3 is 66.2 Å². The summed E-state index contributed by atoms with van der Waals surface area (Å²) in [6.45, 7) is -0.648. The first-order valence-corrected chi connectivity index (χ1v) is 14.2. The van der Waals surface area contributed by atoms with Gasteiger partial charge in [-0.15, -0.1) is 5.10 Å². The Balaban J connectivity index is 0.00000544. The summed E-state index contributed by atoms with van der Waals surface area (Å²) in [7, 11) is -9.08. The fourth-order valence-electron chi connectivity index (χ4n) is 2.37. The Morgan fingerprint density at radius 1 is 1.03 bits per heavy atom. The maximum Gasteiger partial charge on any atom is 1.00 e. The van der Waals surface area contributed by atoms with Crippen LogP contribution in [0.5, 0.6) is 11.5 Å². The number of hydrazone groups is 1. The van der Waals surface area contributed by atoms with E-state index in [4.69, 9.17) is 30.9 Å². The van der Waals surface area contributed by atoms with Gasteiger partial charge in [-0.05, 0) is 53.9 Å². The molecule has 17 heteroatoms. The molecule has 0 bridgehead atoms. The van der Waals surface area contributed by atoms with Gasteiger partial charge in [0, 0.05) is 6.54 Å². The molecule has 2 rings (SSSR count). The van der Waals surface area contributed by atoms with Crippen molar-refractivity contribution < 1.29 is 97.1 Å². The molecule has 0 heterocycles. The maximum absolute atomic E-state index is 11.1. The summed E-state index contributed by atoms with van der Waals surface area (Å²) in [5.41, 5.74) is 1.40. The van der Waals surface area contributed by atoms with Crippen molar-refractivity contribution in [3.63, 3.8) is 0 Å². The minimum absolute atomic E-state index is 0. The number of methoxy groups -OCH3 is 1. The van der Waals surface area contributed by atoms with Crippen molar-refractivity contribution in [2.24, 2.45) is 5.10 Å². The predicted molar refractivity (Wildman–Crippen MR) is 120 cm³/mol. The van der Waals surface area contributed by atoms with Crippen LogP contribution in [0.3, 0.4) is 0 Å². The van der Waals surface area contributed by atoms with Crippen LogP contribution in [0, 0.1) is 0 Å². The van der Waals surface area contributed by atoms with Gasteiger partial charge in [-0.2, -0.15) is 4.44 Å². The summed E-state index contributed by atoms with van der Waals surface area (Å²) in [5.74, 6) is 1.17. The van der Waals surface area contributed by atoms with Crippen LogP contribution >= 0.6 is 22.6 Å². The van der Waals surface area contributed by atoms with E-state index in [9.17, 15) is 18.9 Å². The number of ether oxygens (including phenoxy) is 1. The molecule has 0 radical (unpaired) electrons. The van der Waals surface area contributed by atoms with E-state index < -0.39 is 29.1 Å². The summed E-state index contributed by atoms with van der Waals surface area (Å²) < 4.78 is 34.2. The summed E-state index contributed by atoms with van der Waals surface area (Å²) in [6, 6.07) is 13.6. The number of rotatable bonds is 11. The summed E-state index contributed by atoms with van der Waals surface area (Å²) >= 11 is 5.34. The monoisotopic (exact) mass is 566 g/mol. The molecular weight excluding hydrogens is 545 g/mol. The second-order valence-electron chi connectivity index (χ2n) is 6.31. The van der Waals surface area contributed by atoms with Crippen molar-refractivity contribution in [2.75, 3.05) is 20.7 Å². The van der Waals surface area contributed by atoms with E-state index in [2.05, 4.69) is 5.10 Å². The van der Waals surface area contributed by atoms with Crippen molar-refractivity contribution in [1.82, 2.24) is 9.22 Å². The van der Waals surface area contributed by atoms with E-state index in [1.807, 2.05) is 24.3 Å². The standard InChI is InChI=1S/C17H22N3O8P3S.2Na/c1-19(18-13-15-5-7-16(27-2)8-6-15)29(32)28-17-9-3-14(4-10-17)11-12-20(30(21,22)23)31(24,25)26;;/h3-10,13H,11-12H2,1-2H3,(H3-,21,22,23,24,25,26);;/q;2*+1/p-1/b18-13+;;. The van der Waals surface area contributed by atoms with Crippen LogP contribution in [-0.2, 0) is 27.4 Å². The Kier molecular flexibility index (Phi) is 15.7. The van der Waals surface area contributed by atoms with Gasteiger partial charge in [-0.25, -0.2) is 0 Å². The summed E-state index contributed by atoms with van der Waals surface area (Å²) in [4.78, 5) is 40.2. The van der Waals surface area contributed by atoms with Gasteiger partial charge in [-0.1, -0.05) is 16.9 Å². The molecule has 0 saturated heterocycles. The molecular formula is C17H21N3Na2O8P3S+. The Bertz CT molecular complexity index is 1030. The van der Waals surface area contributed by atoms with Crippen LogP contribution in [0.1, 0.15) is 11.1 Å².